The van der Waals surface area contributed by atoms with Gasteiger partial charge in [-0.15, -0.1) is 0 Å². The first-order chi connectivity index (χ1) is 9.74. The smallest absolute Gasteiger partial charge is 0.224 e. The fourth-order valence-corrected chi connectivity index (χ4v) is 1.78. The van der Waals surface area contributed by atoms with Crippen LogP contribution >= 0.6 is 0 Å². The predicted octanol–water partition coefficient (Wildman–Crippen LogP) is 3.43. The van der Waals surface area contributed by atoms with Crippen LogP contribution in [-0.2, 0) is 6.54 Å². The Kier molecular flexibility index (Phi) is 4.96. The minimum absolute atomic E-state index is 0.389. The first-order valence-corrected chi connectivity index (χ1v) is 6.81. The van der Waals surface area contributed by atoms with E-state index in [4.69, 9.17) is 15.2 Å². The first kappa shape index (κ1) is 14.3. The molecule has 1 aromatic heterocycles. The molecule has 2 aromatic rings. The van der Waals surface area contributed by atoms with E-state index in [1.165, 1.54) is 0 Å². The number of pyridine rings is 1. The van der Waals surface area contributed by atoms with Gasteiger partial charge in [-0.2, -0.15) is 0 Å². The highest BCUT2D eigenvalue weighted by atomic mass is 16.5. The van der Waals surface area contributed by atoms with Crippen LogP contribution in [-0.4, -0.2) is 11.6 Å². The maximum absolute atomic E-state index is 5.89. The van der Waals surface area contributed by atoms with E-state index >= 15 is 0 Å². The van der Waals surface area contributed by atoms with Gasteiger partial charge in [0.2, 0.25) is 5.88 Å². The van der Waals surface area contributed by atoms with E-state index in [-0.39, 0.29) is 0 Å². The number of aryl methyl sites for hydroxylation is 1. The highest BCUT2D eigenvalue weighted by molar-refractivity contribution is 5.43. The lowest BCUT2D eigenvalue weighted by molar-refractivity contribution is 0.300. The summed E-state index contributed by atoms with van der Waals surface area (Å²) in [5.74, 6) is 1.93. The lowest BCUT2D eigenvalue weighted by atomic mass is 10.2. The first-order valence-electron chi connectivity index (χ1n) is 6.81. The number of rotatable bonds is 6. The summed E-state index contributed by atoms with van der Waals surface area (Å²) in [4.78, 5) is 4.40. The number of hydrogen-bond acceptors (Lipinski definition) is 4. The minimum atomic E-state index is 0.389. The van der Waals surface area contributed by atoms with E-state index in [1.54, 1.807) is 0 Å². The van der Waals surface area contributed by atoms with Crippen LogP contribution in [0, 0.1) is 6.92 Å². The summed E-state index contributed by atoms with van der Waals surface area (Å²) in [7, 11) is 0. The van der Waals surface area contributed by atoms with Crippen molar-refractivity contribution < 1.29 is 9.47 Å². The van der Waals surface area contributed by atoms with E-state index in [1.807, 2.05) is 43.3 Å². The molecule has 0 aliphatic rings. The normalized spacial score (nSPS) is 10.3. The molecule has 106 valence electrons. The molecule has 20 heavy (non-hydrogen) atoms. The summed E-state index contributed by atoms with van der Waals surface area (Å²) in [5.41, 5.74) is 7.49. The van der Waals surface area contributed by atoms with Crippen molar-refractivity contribution in [1.29, 1.82) is 0 Å². The molecule has 0 aliphatic carbocycles. The quantitative estimate of drug-likeness (QED) is 0.875. The van der Waals surface area contributed by atoms with Crippen molar-refractivity contribution in [3.05, 3.63) is 47.7 Å². The molecule has 0 unspecified atom stereocenters. The number of aromatic nitrogens is 1. The van der Waals surface area contributed by atoms with E-state index in [2.05, 4.69) is 11.9 Å². The zero-order valence-corrected chi connectivity index (χ0v) is 11.9. The standard InChI is InChI=1S/C16H20N2O2/c1-3-10-19-14-6-4-5-7-15(14)20-16-13(11-17)9-8-12(2)18-16/h4-9H,3,10-11,17H2,1-2H3. The molecule has 1 heterocycles. The average Bonchev–Trinajstić information content (AvgIpc) is 2.47. The second kappa shape index (κ2) is 6.91. The lowest BCUT2D eigenvalue weighted by Gasteiger charge is -2.13. The third-order valence-corrected chi connectivity index (χ3v) is 2.82. The van der Waals surface area contributed by atoms with Crippen molar-refractivity contribution in [2.45, 2.75) is 26.8 Å². The van der Waals surface area contributed by atoms with Crippen LogP contribution in [0.15, 0.2) is 36.4 Å². The van der Waals surface area contributed by atoms with Gasteiger partial charge in [0.15, 0.2) is 11.5 Å². The minimum Gasteiger partial charge on any atom is -0.490 e. The van der Waals surface area contributed by atoms with Gasteiger partial charge in [0.05, 0.1) is 6.61 Å². The molecule has 0 radical (unpaired) electrons. The molecule has 4 heteroatoms. The summed E-state index contributed by atoms with van der Waals surface area (Å²) in [6, 6.07) is 11.5. The monoisotopic (exact) mass is 272 g/mol. The van der Waals surface area contributed by atoms with Crippen LogP contribution in [0.2, 0.25) is 0 Å². The molecule has 0 bridgehead atoms. The zero-order chi connectivity index (χ0) is 14.4. The van der Waals surface area contributed by atoms with E-state index in [9.17, 15) is 0 Å². The summed E-state index contributed by atoms with van der Waals surface area (Å²) in [5, 5.41) is 0. The fraction of sp³-hybridized carbons (Fsp3) is 0.312. The van der Waals surface area contributed by atoms with Crippen molar-refractivity contribution in [2.75, 3.05) is 6.61 Å². The summed E-state index contributed by atoms with van der Waals surface area (Å²) in [6.45, 7) is 5.04. The van der Waals surface area contributed by atoms with E-state index in [0.717, 1.165) is 23.4 Å². The van der Waals surface area contributed by atoms with Gasteiger partial charge < -0.3 is 15.2 Å². The van der Waals surface area contributed by atoms with Crippen LogP contribution in [0.3, 0.4) is 0 Å². The Hall–Kier alpha value is -2.07. The van der Waals surface area contributed by atoms with Crippen LogP contribution in [0.25, 0.3) is 0 Å². The van der Waals surface area contributed by atoms with Crippen molar-refractivity contribution >= 4 is 0 Å². The van der Waals surface area contributed by atoms with E-state index < -0.39 is 0 Å². The molecule has 0 saturated heterocycles. The molecule has 4 nitrogen and oxygen atoms in total. The van der Waals surface area contributed by atoms with Crippen molar-refractivity contribution in [2.24, 2.45) is 5.73 Å². The molecule has 2 rings (SSSR count). The number of benzene rings is 1. The SMILES string of the molecule is CCCOc1ccccc1Oc1nc(C)ccc1CN. The largest absolute Gasteiger partial charge is 0.490 e. The maximum atomic E-state index is 5.89. The van der Waals surface area contributed by atoms with Gasteiger partial charge in [0.25, 0.3) is 0 Å². The molecule has 0 saturated carbocycles. The number of nitrogens with zero attached hydrogens (tertiary/aromatic N) is 1. The Balaban J connectivity index is 2.27. The van der Waals surface area contributed by atoms with Gasteiger partial charge in [-0.1, -0.05) is 25.1 Å². The molecular formula is C16H20N2O2. The molecule has 0 amide bonds. The van der Waals surface area contributed by atoms with Gasteiger partial charge >= 0.3 is 0 Å². The second-order valence-electron chi connectivity index (χ2n) is 4.52. The predicted molar refractivity (Wildman–Crippen MR) is 79.2 cm³/mol. The second-order valence-corrected chi connectivity index (χ2v) is 4.52. The lowest BCUT2D eigenvalue weighted by Crippen LogP contribution is -2.03. The topological polar surface area (TPSA) is 57.4 Å². The molecule has 0 spiro atoms. The Morgan fingerprint density at radius 3 is 2.55 bits per heavy atom. The van der Waals surface area contributed by atoms with Crippen molar-refractivity contribution in [3.8, 4) is 17.4 Å². The Bertz CT molecular complexity index is 570. The van der Waals surface area contributed by atoms with Gasteiger partial charge in [-0.3, -0.25) is 0 Å². The molecule has 0 aliphatic heterocycles. The summed E-state index contributed by atoms with van der Waals surface area (Å²) >= 11 is 0. The third-order valence-electron chi connectivity index (χ3n) is 2.82. The zero-order valence-electron chi connectivity index (χ0n) is 11.9. The molecule has 1 aromatic carbocycles. The fourth-order valence-electron chi connectivity index (χ4n) is 1.78. The number of nitrogens with two attached hydrogens (primary N) is 1. The van der Waals surface area contributed by atoms with E-state index in [0.29, 0.717) is 24.8 Å². The van der Waals surface area contributed by atoms with Crippen LogP contribution < -0.4 is 15.2 Å². The molecular weight excluding hydrogens is 252 g/mol. The van der Waals surface area contributed by atoms with Gasteiger partial charge in [-0.05, 0) is 31.5 Å². The summed E-state index contributed by atoms with van der Waals surface area (Å²) in [6.07, 6.45) is 0.949. The average molecular weight is 272 g/mol. The number of para-hydroxylation sites is 2. The Labute approximate surface area is 119 Å². The van der Waals surface area contributed by atoms with Crippen LogP contribution in [0.5, 0.6) is 17.4 Å². The highest BCUT2D eigenvalue weighted by Crippen LogP contribution is 2.32. The van der Waals surface area contributed by atoms with Gasteiger partial charge in [-0.25, -0.2) is 4.98 Å². The number of ether oxygens (including phenoxy) is 2. The molecule has 2 N–H and O–H groups in total. The summed E-state index contributed by atoms with van der Waals surface area (Å²) < 4.78 is 11.6. The highest BCUT2D eigenvalue weighted by Gasteiger charge is 2.10. The van der Waals surface area contributed by atoms with Gasteiger partial charge in [0.1, 0.15) is 0 Å². The third kappa shape index (κ3) is 3.48. The maximum Gasteiger partial charge on any atom is 0.224 e. The Morgan fingerprint density at radius 2 is 1.85 bits per heavy atom. The van der Waals surface area contributed by atoms with Crippen molar-refractivity contribution in [3.63, 3.8) is 0 Å². The number of hydrogen-bond donors (Lipinski definition) is 1. The molecule has 0 fully saturated rings. The van der Waals surface area contributed by atoms with Crippen LogP contribution in [0.4, 0.5) is 0 Å². The van der Waals surface area contributed by atoms with Crippen molar-refractivity contribution in [1.82, 2.24) is 4.98 Å². The van der Waals surface area contributed by atoms with Crippen LogP contribution in [0.1, 0.15) is 24.6 Å². The molecule has 0 atom stereocenters. The van der Waals surface area contributed by atoms with Gasteiger partial charge in [0, 0.05) is 17.8 Å². The Morgan fingerprint density at radius 1 is 1.10 bits per heavy atom.